The van der Waals surface area contributed by atoms with Gasteiger partial charge in [-0.3, -0.25) is 14.6 Å². The van der Waals surface area contributed by atoms with E-state index in [1.165, 1.54) is 0 Å². The normalized spacial score (nSPS) is 12.2. The molecule has 8 nitrogen and oxygen atoms in total. The van der Waals surface area contributed by atoms with Gasteiger partial charge in [0, 0.05) is 24.7 Å². The van der Waals surface area contributed by atoms with E-state index in [1.54, 1.807) is 24.0 Å². The Morgan fingerprint density at radius 3 is 2.90 bits per heavy atom. The van der Waals surface area contributed by atoms with E-state index in [4.69, 9.17) is 0 Å². The maximum absolute atomic E-state index is 12.6. The van der Waals surface area contributed by atoms with Crippen LogP contribution in [0, 0.1) is 0 Å². The summed E-state index contributed by atoms with van der Waals surface area (Å²) in [5.74, 6) is -0.279. The molecule has 0 aliphatic carbocycles. The van der Waals surface area contributed by atoms with Crippen molar-refractivity contribution >= 4 is 22.5 Å². The Bertz CT molecular complexity index is 1150. The van der Waals surface area contributed by atoms with E-state index in [0.717, 1.165) is 22.0 Å². The van der Waals surface area contributed by atoms with Gasteiger partial charge in [0.05, 0.1) is 30.0 Å². The first-order chi connectivity index (χ1) is 14.6. The van der Waals surface area contributed by atoms with Crippen molar-refractivity contribution in [1.82, 2.24) is 25.3 Å². The van der Waals surface area contributed by atoms with E-state index in [-0.39, 0.29) is 12.0 Å². The lowest BCUT2D eigenvalue weighted by molar-refractivity contribution is 0.102. The van der Waals surface area contributed by atoms with Crippen molar-refractivity contribution in [2.45, 2.75) is 26.1 Å². The van der Waals surface area contributed by atoms with Crippen LogP contribution in [0.4, 0.5) is 5.69 Å². The first kappa shape index (κ1) is 19.8. The number of hydrogen-bond donors (Lipinski definition) is 4. The van der Waals surface area contributed by atoms with Gasteiger partial charge in [0.2, 0.25) is 0 Å². The highest BCUT2D eigenvalue weighted by Gasteiger charge is 2.14. The zero-order chi connectivity index (χ0) is 20.9. The third-order valence-corrected chi connectivity index (χ3v) is 4.68. The highest BCUT2D eigenvalue weighted by Crippen LogP contribution is 2.17. The van der Waals surface area contributed by atoms with Crippen molar-refractivity contribution in [3.8, 4) is 0 Å². The Morgan fingerprint density at radius 1 is 1.20 bits per heavy atom. The summed E-state index contributed by atoms with van der Waals surface area (Å²) in [5.41, 5.74) is 4.03. The number of amides is 1. The van der Waals surface area contributed by atoms with E-state index in [2.05, 4.69) is 32.0 Å². The molecule has 0 saturated carbocycles. The van der Waals surface area contributed by atoms with Gasteiger partial charge in [-0.1, -0.05) is 42.5 Å². The highest BCUT2D eigenvalue weighted by atomic mass is 16.3. The molecule has 1 atom stereocenters. The highest BCUT2D eigenvalue weighted by molar-refractivity contribution is 6.10. The lowest BCUT2D eigenvalue weighted by Crippen LogP contribution is -2.23. The number of anilines is 1. The zero-order valence-electron chi connectivity index (χ0n) is 16.7. The Hall–Kier alpha value is -3.49. The smallest absolute Gasteiger partial charge is 0.276 e. The predicted octanol–water partition coefficient (Wildman–Crippen LogP) is 2.53. The average molecular weight is 404 g/mol. The molecule has 154 valence electrons. The second-order valence-electron chi connectivity index (χ2n) is 7.30. The van der Waals surface area contributed by atoms with Crippen molar-refractivity contribution in [1.29, 1.82) is 0 Å². The Labute approximate surface area is 173 Å². The summed E-state index contributed by atoms with van der Waals surface area (Å²) >= 11 is 0. The molecule has 0 bridgehead atoms. The molecular weight excluding hydrogens is 380 g/mol. The Morgan fingerprint density at radius 2 is 2.03 bits per heavy atom. The van der Waals surface area contributed by atoms with Crippen LogP contribution in [0.1, 0.15) is 28.5 Å². The van der Waals surface area contributed by atoms with Crippen molar-refractivity contribution in [2.24, 2.45) is 0 Å². The van der Waals surface area contributed by atoms with E-state index >= 15 is 0 Å². The first-order valence-electron chi connectivity index (χ1n) is 9.82. The summed E-state index contributed by atoms with van der Waals surface area (Å²) in [4.78, 5) is 12.6. The third kappa shape index (κ3) is 4.73. The molecule has 8 heteroatoms. The number of nitrogens with one attached hydrogen (secondary N) is 3. The topological polar surface area (TPSA) is 108 Å². The van der Waals surface area contributed by atoms with E-state index < -0.39 is 0 Å². The molecule has 4 N–H and O–H groups in total. The third-order valence-electron chi connectivity index (χ3n) is 4.68. The summed E-state index contributed by atoms with van der Waals surface area (Å²) in [6.45, 7) is 3.59. The van der Waals surface area contributed by atoms with Crippen LogP contribution in [0.5, 0.6) is 0 Å². The second-order valence-corrected chi connectivity index (χ2v) is 7.30. The van der Waals surface area contributed by atoms with Gasteiger partial charge in [0.15, 0.2) is 5.69 Å². The van der Waals surface area contributed by atoms with Crippen LogP contribution < -0.4 is 10.6 Å². The molecule has 0 radical (unpaired) electrons. The average Bonchev–Trinajstić information content (AvgIpc) is 3.35. The second kappa shape index (κ2) is 8.89. The number of aromatic amines is 1. The van der Waals surface area contributed by atoms with Gasteiger partial charge in [0.25, 0.3) is 5.91 Å². The molecule has 1 unspecified atom stereocenters. The lowest BCUT2D eigenvalue weighted by atomic mass is 10.1. The molecule has 2 heterocycles. The van der Waals surface area contributed by atoms with Crippen LogP contribution >= 0.6 is 0 Å². The molecule has 0 fully saturated rings. The minimum atomic E-state index is -0.370. The summed E-state index contributed by atoms with van der Waals surface area (Å²) in [5, 5.41) is 27.5. The minimum Gasteiger partial charge on any atom is -0.392 e. The largest absolute Gasteiger partial charge is 0.392 e. The van der Waals surface area contributed by atoms with Gasteiger partial charge in [-0.2, -0.15) is 10.2 Å². The van der Waals surface area contributed by atoms with E-state index in [1.807, 2.05) is 42.5 Å². The number of carbonyl (C=O) groups excluding carboxylic acids is 1. The summed E-state index contributed by atoms with van der Waals surface area (Å²) in [6, 6.07) is 15.7. The molecule has 2 aromatic heterocycles. The number of para-hydroxylation sites is 1. The fraction of sp³-hybridized carbons (Fsp3) is 0.227. The van der Waals surface area contributed by atoms with Gasteiger partial charge >= 0.3 is 0 Å². The molecule has 2 aromatic carbocycles. The minimum absolute atomic E-state index is 0.279. The fourth-order valence-corrected chi connectivity index (χ4v) is 3.29. The standard InChI is InChI=1S/C22H24N6O2/c1-15(29)10-23-11-16-5-4-6-17(9-16)13-28-14-18(12-24-28)25-22(30)21-19-7-2-3-8-20(19)26-27-21/h2-9,12,14-15,23,29H,10-11,13H2,1H3,(H,25,30)(H,26,27). The van der Waals surface area contributed by atoms with Crippen molar-refractivity contribution in [3.63, 3.8) is 0 Å². The van der Waals surface area contributed by atoms with Gasteiger partial charge in [-0.15, -0.1) is 0 Å². The van der Waals surface area contributed by atoms with Crippen molar-refractivity contribution in [2.75, 3.05) is 11.9 Å². The Kier molecular flexibility index (Phi) is 5.87. The number of aliphatic hydroxyl groups is 1. The maximum Gasteiger partial charge on any atom is 0.276 e. The Balaban J connectivity index is 1.39. The van der Waals surface area contributed by atoms with Crippen molar-refractivity contribution < 1.29 is 9.90 Å². The fourth-order valence-electron chi connectivity index (χ4n) is 3.29. The maximum atomic E-state index is 12.6. The number of nitrogens with zero attached hydrogens (tertiary/aromatic N) is 3. The predicted molar refractivity (Wildman–Crippen MR) is 115 cm³/mol. The molecule has 0 aliphatic heterocycles. The molecular formula is C22H24N6O2. The SMILES string of the molecule is CC(O)CNCc1cccc(Cn2cc(NC(=O)c3n[nH]c4ccccc34)cn2)c1. The van der Waals surface area contributed by atoms with Gasteiger partial charge < -0.3 is 15.7 Å². The van der Waals surface area contributed by atoms with E-state index in [9.17, 15) is 9.90 Å². The van der Waals surface area contributed by atoms with Crippen LogP contribution in [0.15, 0.2) is 60.9 Å². The molecule has 30 heavy (non-hydrogen) atoms. The summed E-state index contributed by atoms with van der Waals surface area (Å²) in [6.07, 6.45) is 3.05. The van der Waals surface area contributed by atoms with Crippen LogP contribution in [-0.2, 0) is 13.1 Å². The number of hydrogen-bond acceptors (Lipinski definition) is 5. The molecule has 4 aromatic rings. The van der Waals surface area contributed by atoms with Gasteiger partial charge in [0.1, 0.15) is 0 Å². The monoisotopic (exact) mass is 404 g/mol. The van der Waals surface area contributed by atoms with E-state index in [0.29, 0.717) is 31.0 Å². The van der Waals surface area contributed by atoms with Gasteiger partial charge in [-0.25, -0.2) is 0 Å². The zero-order valence-corrected chi connectivity index (χ0v) is 16.7. The van der Waals surface area contributed by atoms with Crippen LogP contribution in [0.2, 0.25) is 0 Å². The molecule has 0 saturated heterocycles. The number of benzene rings is 2. The number of rotatable bonds is 8. The molecule has 1 amide bonds. The van der Waals surface area contributed by atoms with Crippen molar-refractivity contribution in [3.05, 3.63) is 77.7 Å². The number of H-pyrrole nitrogens is 1. The number of carbonyl (C=O) groups is 1. The summed E-state index contributed by atoms with van der Waals surface area (Å²) in [7, 11) is 0. The number of fused-ring (bicyclic) bond motifs is 1. The first-order valence-corrected chi connectivity index (χ1v) is 9.82. The van der Waals surface area contributed by atoms with Crippen LogP contribution in [0.25, 0.3) is 10.9 Å². The van der Waals surface area contributed by atoms with Crippen LogP contribution in [0.3, 0.4) is 0 Å². The lowest BCUT2D eigenvalue weighted by Gasteiger charge is -2.08. The van der Waals surface area contributed by atoms with Crippen LogP contribution in [-0.4, -0.2) is 43.6 Å². The molecule has 4 rings (SSSR count). The quantitative estimate of drug-likeness (QED) is 0.361. The number of aliphatic hydroxyl groups excluding tert-OH is 1. The molecule has 0 aliphatic rings. The number of aromatic nitrogens is 4. The van der Waals surface area contributed by atoms with Gasteiger partial charge in [-0.05, 0) is 24.1 Å². The summed E-state index contributed by atoms with van der Waals surface area (Å²) < 4.78 is 1.78. The molecule has 0 spiro atoms.